The average Bonchev–Trinajstić information content (AvgIpc) is 3.16. The zero-order chi connectivity index (χ0) is 20.5. The number of aromatic nitrogens is 3. The molecular formula is C24H21ClN4O. The van der Waals surface area contributed by atoms with E-state index < -0.39 is 0 Å². The monoisotopic (exact) mass is 416 g/mol. The largest absolute Gasteiger partial charge is 0.309 e. The van der Waals surface area contributed by atoms with Gasteiger partial charge in [0.05, 0.1) is 11.9 Å². The van der Waals surface area contributed by atoms with Crippen molar-refractivity contribution in [1.29, 1.82) is 0 Å². The maximum Gasteiger partial charge on any atom is 0.229 e. The Morgan fingerprint density at radius 3 is 2.73 bits per heavy atom. The molecular weight excluding hydrogens is 396 g/mol. The van der Waals surface area contributed by atoms with Crippen molar-refractivity contribution in [3.05, 3.63) is 88.7 Å². The van der Waals surface area contributed by atoms with Gasteiger partial charge in [0, 0.05) is 34.3 Å². The molecule has 0 radical (unpaired) electrons. The molecule has 0 unspecified atom stereocenters. The van der Waals surface area contributed by atoms with Crippen LogP contribution in [0.2, 0.25) is 5.02 Å². The van der Waals surface area contributed by atoms with Gasteiger partial charge in [-0.05, 0) is 60.2 Å². The highest BCUT2D eigenvalue weighted by molar-refractivity contribution is 6.30. The standard InChI is InChI=1S/C24H21ClN4O/c25-20-6-4-16(5-7-20)18-12-19(13-18)22-14-23(29-28-22)27-24(30)11-15-3-8-21-17(10-15)2-1-9-26-21/h1-10,14,18-19H,11-13H2,(H2,27,28,29,30). The molecule has 2 N–H and O–H groups in total. The second-order valence-corrected chi connectivity index (χ2v) is 8.32. The second-order valence-electron chi connectivity index (χ2n) is 7.88. The summed E-state index contributed by atoms with van der Waals surface area (Å²) < 4.78 is 0. The molecule has 1 aliphatic carbocycles. The minimum atomic E-state index is -0.0797. The molecule has 2 heterocycles. The van der Waals surface area contributed by atoms with Gasteiger partial charge in [0.1, 0.15) is 0 Å². The topological polar surface area (TPSA) is 70.7 Å². The number of anilines is 1. The second kappa shape index (κ2) is 7.92. The Labute approximate surface area is 179 Å². The van der Waals surface area contributed by atoms with Crippen molar-refractivity contribution >= 4 is 34.2 Å². The molecule has 0 atom stereocenters. The van der Waals surface area contributed by atoms with Gasteiger partial charge in [0.25, 0.3) is 0 Å². The first-order chi connectivity index (χ1) is 14.6. The third kappa shape index (κ3) is 3.94. The number of rotatable bonds is 5. The maximum atomic E-state index is 12.5. The molecule has 1 amide bonds. The Morgan fingerprint density at radius 1 is 1.07 bits per heavy atom. The molecule has 5 rings (SSSR count). The van der Waals surface area contributed by atoms with Crippen LogP contribution in [0.15, 0.2) is 66.9 Å². The number of hydrogen-bond acceptors (Lipinski definition) is 3. The molecule has 5 nitrogen and oxygen atoms in total. The molecule has 2 aromatic carbocycles. The summed E-state index contributed by atoms with van der Waals surface area (Å²) in [5.41, 5.74) is 4.28. The molecule has 1 aliphatic rings. The van der Waals surface area contributed by atoms with E-state index in [4.69, 9.17) is 11.6 Å². The van der Waals surface area contributed by atoms with Gasteiger partial charge >= 0.3 is 0 Å². The van der Waals surface area contributed by atoms with Gasteiger partial charge in [-0.1, -0.05) is 35.9 Å². The minimum Gasteiger partial charge on any atom is -0.309 e. The number of carbonyl (C=O) groups excluding carboxylic acids is 1. The van der Waals surface area contributed by atoms with Crippen LogP contribution in [0.4, 0.5) is 5.82 Å². The highest BCUT2D eigenvalue weighted by atomic mass is 35.5. The van der Waals surface area contributed by atoms with E-state index in [0.29, 0.717) is 24.1 Å². The Hall–Kier alpha value is -3.18. The van der Waals surface area contributed by atoms with E-state index in [1.165, 1.54) is 5.56 Å². The number of H-pyrrole nitrogens is 1. The normalized spacial score (nSPS) is 18.2. The van der Waals surface area contributed by atoms with Gasteiger partial charge in [-0.25, -0.2) is 0 Å². The van der Waals surface area contributed by atoms with Crippen molar-refractivity contribution < 1.29 is 4.79 Å². The number of nitrogens with zero attached hydrogens (tertiary/aromatic N) is 2. The number of hydrogen-bond donors (Lipinski definition) is 2. The van der Waals surface area contributed by atoms with Crippen LogP contribution in [-0.2, 0) is 11.2 Å². The van der Waals surface area contributed by atoms with Crippen molar-refractivity contribution in [2.75, 3.05) is 5.32 Å². The minimum absolute atomic E-state index is 0.0797. The van der Waals surface area contributed by atoms with E-state index in [1.54, 1.807) is 6.20 Å². The van der Waals surface area contributed by atoms with Gasteiger partial charge in [0.2, 0.25) is 5.91 Å². The number of carbonyl (C=O) groups is 1. The lowest BCUT2D eigenvalue weighted by molar-refractivity contribution is -0.115. The molecule has 30 heavy (non-hydrogen) atoms. The zero-order valence-electron chi connectivity index (χ0n) is 16.3. The Bertz CT molecular complexity index is 1200. The lowest BCUT2D eigenvalue weighted by Gasteiger charge is -2.35. The van der Waals surface area contributed by atoms with Crippen LogP contribution in [0.1, 0.15) is 41.5 Å². The summed E-state index contributed by atoms with van der Waals surface area (Å²) in [4.78, 5) is 16.8. The van der Waals surface area contributed by atoms with Gasteiger partial charge in [-0.15, -0.1) is 0 Å². The molecule has 150 valence electrons. The predicted molar refractivity (Wildman–Crippen MR) is 119 cm³/mol. The Balaban J connectivity index is 1.17. The Morgan fingerprint density at radius 2 is 1.90 bits per heavy atom. The molecule has 2 aromatic heterocycles. The van der Waals surface area contributed by atoms with Crippen LogP contribution in [0.25, 0.3) is 10.9 Å². The average molecular weight is 417 g/mol. The van der Waals surface area contributed by atoms with Crippen molar-refractivity contribution in [3.63, 3.8) is 0 Å². The van der Waals surface area contributed by atoms with Crippen molar-refractivity contribution in [2.45, 2.75) is 31.1 Å². The first kappa shape index (κ1) is 18.8. The van der Waals surface area contributed by atoms with Crippen LogP contribution in [0.3, 0.4) is 0 Å². The van der Waals surface area contributed by atoms with Crippen LogP contribution in [0.5, 0.6) is 0 Å². The molecule has 0 aliphatic heterocycles. The highest BCUT2D eigenvalue weighted by Gasteiger charge is 2.32. The highest BCUT2D eigenvalue weighted by Crippen LogP contribution is 2.47. The lowest BCUT2D eigenvalue weighted by atomic mass is 9.70. The van der Waals surface area contributed by atoms with Gasteiger partial charge in [-0.3, -0.25) is 14.9 Å². The van der Waals surface area contributed by atoms with E-state index in [0.717, 1.165) is 40.0 Å². The fraction of sp³-hybridized carbons (Fsp3) is 0.208. The first-order valence-electron chi connectivity index (χ1n) is 10.1. The zero-order valence-corrected chi connectivity index (χ0v) is 17.1. The number of nitrogens with one attached hydrogen (secondary N) is 2. The summed E-state index contributed by atoms with van der Waals surface area (Å²) in [5, 5.41) is 12.1. The van der Waals surface area contributed by atoms with E-state index in [-0.39, 0.29) is 5.91 Å². The molecule has 4 aromatic rings. The number of fused-ring (bicyclic) bond motifs is 1. The number of amides is 1. The lowest BCUT2D eigenvalue weighted by Crippen LogP contribution is -2.20. The Kier molecular flexibility index (Phi) is 4.97. The molecule has 1 saturated carbocycles. The fourth-order valence-corrected chi connectivity index (χ4v) is 4.22. The van der Waals surface area contributed by atoms with E-state index in [2.05, 4.69) is 32.6 Å². The van der Waals surface area contributed by atoms with E-state index in [9.17, 15) is 4.79 Å². The number of pyridine rings is 1. The van der Waals surface area contributed by atoms with Crippen LogP contribution in [-0.4, -0.2) is 21.1 Å². The summed E-state index contributed by atoms with van der Waals surface area (Å²) in [6.45, 7) is 0. The van der Waals surface area contributed by atoms with Gasteiger partial charge < -0.3 is 5.32 Å². The molecule has 6 heteroatoms. The number of halogens is 1. The van der Waals surface area contributed by atoms with E-state index >= 15 is 0 Å². The van der Waals surface area contributed by atoms with Crippen LogP contribution >= 0.6 is 11.6 Å². The van der Waals surface area contributed by atoms with E-state index in [1.807, 2.05) is 48.5 Å². The van der Waals surface area contributed by atoms with Crippen molar-refractivity contribution in [2.24, 2.45) is 0 Å². The van der Waals surface area contributed by atoms with Gasteiger partial charge in [0.15, 0.2) is 5.82 Å². The summed E-state index contributed by atoms with van der Waals surface area (Å²) in [6.07, 6.45) is 4.21. The van der Waals surface area contributed by atoms with Gasteiger partial charge in [-0.2, -0.15) is 5.10 Å². The SMILES string of the molecule is O=C(Cc1ccc2ncccc2c1)Nc1cc(C2CC(c3ccc(Cl)cc3)C2)[nH]n1. The van der Waals surface area contributed by atoms with Crippen LogP contribution in [0, 0.1) is 0 Å². The number of aromatic amines is 1. The molecule has 0 spiro atoms. The third-order valence-corrected chi connectivity index (χ3v) is 6.07. The summed E-state index contributed by atoms with van der Waals surface area (Å²) >= 11 is 5.97. The van der Waals surface area contributed by atoms with Crippen molar-refractivity contribution in [1.82, 2.24) is 15.2 Å². The first-order valence-corrected chi connectivity index (χ1v) is 10.5. The number of benzene rings is 2. The fourth-order valence-electron chi connectivity index (χ4n) is 4.10. The smallest absolute Gasteiger partial charge is 0.229 e. The predicted octanol–water partition coefficient (Wildman–Crippen LogP) is 5.45. The molecule has 1 fully saturated rings. The van der Waals surface area contributed by atoms with Crippen LogP contribution < -0.4 is 5.32 Å². The summed E-state index contributed by atoms with van der Waals surface area (Å²) in [5.74, 6) is 1.49. The third-order valence-electron chi connectivity index (χ3n) is 5.82. The molecule has 0 bridgehead atoms. The quantitative estimate of drug-likeness (QED) is 0.454. The maximum absolute atomic E-state index is 12.5. The summed E-state index contributed by atoms with van der Waals surface area (Å²) in [6, 6.07) is 19.8. The summed E-state index contributed by atoms with van der Waals surface area (Å²) in [7, 11) is 0. The molecule has 0 saturated heterocycles. The van der Waals surface area contributed by atoms with Crippen molar-refractivity contribution in [3.8, 4) is 0 Å².